The van der Waals surface area contributed by atoms with E-state index in [1.165, 1.54) is 39.0 Å². The van der Waals surface area contributed by atoms with Crippen LogP contribution in [-0.4, -0.2) is 61.8 Å². The molecular weight excluding hydrogens is 176 g/mol. The summed E-state index contributed by atoms with van der Waals surface area (Å²) in [5.41, 5.74) is 0. The monoisotopic (exact) mass is 200 g/mol. The molecule has 0 radical (unpaired) electrons. The molecule has 3 heteroatoms. The van der Waals surface area contributed by atoms with Gasteiger partial charge in [-0.15, -0.1) is 0 Å². The maximum Gasteiger partial charge on any atom is 0.0434 e. The highest BCUT2D eigenvalue weighted by atomic mass is 16.3. The first-order valence-corrected chi connectivity index (χ1v) is 5.70. The minimum absolute atomic E-state index is 0.357. The summed E-state index contributed by atoms with van der Waals surface area (Å²) in [6.07, 6.45) is 3.53. The number of nitrogens with zero attached hydrogens (tertiary/aromatic N) is 2. The molecule has 0 aliphatic carbocycles. The second-order valence-electron chi connectivity index (χ2n) is 4.62. The first-order valence-electron chi connectivity index (χ1n) is 5.70. The molecule has 1 N–H and O–H groups in total. The first-order chi connectivity index (χ1) is 6.72. The molecular formula is C11H24N2O. The highest BCUT2D eigenvalue weighted by molar-refractivity contribution is 4.75. The quantitative estimate of drug-likeness (QED) is 0.682. The van der Waals surface area contributed by atoms with Crippen LogP contribution in [-0.2, 0) is 0 Å². The lowest BCUT2D eigenvalue weighted by atomic mass is 10.1. The Kier molecular flexibility index (Phi) is 5.45. The van der Waals surface area contributed by atoms with Crippen LogP contribution in [0, 0.1) is 5.92 Å². The zero-order valence-electron chi connectivity index (χ0n) is 9.58. The fraction of sp³-hybridized carbons (Fsp3) is 1.00. The standard InChI is InChI=1S/C11H24N2O/c1-12(2)6-3-7-13-8-4-11(10-13)5-9-14/h11,14H,3-10H2,1-2H3. The molecule has 0 bridgehead atoms. The number of hydrogen-bond acceptors (Lipinski definition) is 3. The molecule has 3 nitrogen and oxygen atoms in total. The van der Waals surface area contributed by atoms with Crippen molar-refractivity contribution in [2.24, 2.45) is 5.92 Å². The topological polar surface area (TPSA) is 26.7 Å². The summed E-state index contributed by atoms with van der Waals surface area (Å²) < 4.78 is 0. The maximum atomic E-state index is 8.84. The summed E-state index contributed by atoms with van der Waals surface area (Å²) >= 11 is 0. The lowest BCUT2D eigenvalue weighted by Gasteiger charge is -2.17. The largest absolute Gasteiger partial charge is 0.396 e. The molecule has 1 atom stereocenters. The van der Waals surface area contributed by atoms with Gasteiger partial charge < -0.3 is 14.9 Å². The number of aliphatic hydroxyl groups excluding tert-OH is 1. The minimum atomic E-state index is 0.357. The molecule has 0 aromatic carbocycles. The summed E-state index contributed by atoms with van der Waals surface area (Å²) in [4.78, 5) is 4.77. The highest BCUT2D eigenvalue weighted by Crippen LogP contribution is 2.18. The summed E-state index contributed by atoms with van der Waals surface area (Å²) in [7, 11) is 4.25. The third kappa shape index (κ3) is 4.40. The number of likely N-dealkylation sites (tertiary alicyclic amines) is 1. The van der Waals surface area contributed by atoms with E-state index >= 15 is 0 Å². The molecule has 0 amide bonds. The molecule has 0 spiro atoms. The number of aliphatic hydroxyl groups is 1. The van der Waals surface area contributed by atoms with Crippen molar-refractivity contribution < 1.29 is 5.11 Å². The van der Waals surface area contributed by atoms with Gasteiger partial charge in [-0.2, -0.15) is 0 Å². The van der Waals surface area contributed by atoms with E-state index < -0.39 is 0 Å². The normalized spacial score (nSPS) is 23.6. The van der Waals surface area contributed by atoms with E-state index in [1.54, 1.807) is 0 Å². The van der Waals surface area contributed by atoms with E-state index in [0.717, 1.165) is 12.3 Å². The molecule has 0 aromatic rings. The van der Waals surface area contributed by atoms with Gasteiger partial charge in [0, 0.05) is 13.2 Å². The highest BCUT2D eigenvalue weighted by Gasteiger charge is 2.20. The summed E-state index contributed by atoms with van der Waals surface area (Å²) in [6, 6.07) is 0. The molecule has 1 aliphatic rings. The van der Waals surface area contributed by atoms with E-state index in [9.17, 15) is 0 Å². The molecule has 1 unspecified atom stereocenters. The van der Waals surface area contributed by atoms with Gasteiger partial charge in [0.25, 0.3) is 0 Å². The van der Waals surface area contributed by atoms with Crippen LogP contribution in [0.15, 0.2) is 0 Å². The maximum absolute atomic E-state index is 8.84. The molecule has 1 aliphatic heterocycles. The molecule has 0 saturated carbocycles. The van der Waals surface area contributed by atoms with E-state index in [4.69, 9.17) is 5.11 Å². The van der Waals surface area contributed by atoms with Gasteiger partial charge in [-0.1, -0.05) is 0 Å². The molecule has 1 heterocycles. The average Bonchev–Trinajstić information content (AvgIpc) is 2.53. The Morgan fingerprint density at radius 2 is 2.21 bits per heavy atom. The van der Waals surface area contributed by atoms with Crippen molar-refractivity contribution in [3.05, 3.63) is 0 Å². The first kappa shape index (κ1) is 12.0. The minimum Gasteiger partial charge on any atom is -0.396 e. The predicted molar refractivity (Wildman–Crippen MR) is 59.4 cm³/mol. The van der Waals surface area contributed by atoms with Gasteiger partial charge in [0.15, 0.2) is 0 Å². The molecule has 1 rings (SSSR count). The molecule has 14 heavy (non-hydrogen) atoms. The number of rotatable bonds is 6. The van der Waals surface area contributed by atoms with Crippen molar-refractivity contribution in [3.63, 3.8) is 0 Å². The lowest BCUT2D eigenvalue weighted by molar-refractivity contribution is 0.247. The van der Waals surface area contributed by atoms with Gasteiger partial charge in [-0.25, -0.2) is 0 Å². The fourth-order valence-electron chi connectivity index (χ4n) is 2.14. The zero-order valence-corrected chi connectivity index (χ0v) is 9.58. The summed E-state index contributed by atoms with van der Waals surface area (Å²) in [5, 5.41) is 8.84. The average molecular weight is 200 g/mol. The van der Waals surface area contributed by atoms with E-state index in [0.29, 0.717) is 6.61 Å². The molecule has 1 fully saturated rings. The van der Waals surface area contributed by atoms with E-state index in [2.05, 4.69) is 23.9 Å². The summed E-state index contributed by atoms with van der Waals surface area (Å²) in [5.74, 6) is 0.749. The lowest BCUT2D eigenvalue weighted by Crippen LogP contribution is -2.25. The third-order valence-corrected chi connectivity index (χ3v) is 2.99. The molecule has 1 saturated heterocycles. The second-order valence-corrected chi connectivity index (χ2v) is 4.62. The van der Waals surface area contributed by atoms with Crippen molar-refractivity contribution in [2.45, 2.75) is 19.3 Å². The van der Waals surface area contributed by atoms with Crippen LogP contribution in [0.3, 0.4) is 0 Å². The summed E-state index contributed by atoms with van der Waals surface area (Å²) in [6.45, 7) is 5.20. The fourth-order valence-corrected chi connectivity index (χ4v) is 2.14. The van der Waals surface area contributed by atoms with Crippen LogP contribution in [0.25, 0.3) is 0 Å². The van der Waals surface area contributed by atoms with Crippen LogP contribution in [0.2, 0.25) is 0 Å². The Morgan fingerprint density at radius 1 is 1.43 bits per heavy atom. The zero-order chi connectivity index (χ0) is 10.4. The van der Waals surface area contributed by atoms with Gasteiger partial charge in [0.05, 0.1) is 0 Å². The van der Waals surface area contributed by atoms with Gasteiger partial charge >= 0.3 is 0 Å². The second kappa shape index (κ2) is 6.38. The Balaban J connectivity index is 2.04. The van der Waals surface area contributed by atoms with Crippen LogP contribution in [0.5, 0.6) is 0 Å². The SMILES string of the molecule is CN(C)CCCN1CCC(CCO)C1. The Labute approximate surface area is 87.7 Å². The van der Waals surface area contributed by atoms with Gasteiger partial charge in [0.2, 0.25) is 0 Å². The third-order valence-electron chi connectivity index (χ3n) is 2.99. The van der Waals surface area contributed by atoms with Crippen molar-refractivity contribution >= 4 is 0 Å². The predicted octanol–water partition coefficient (Wildman–Crippen LogP) is 0.642. The smallest absolute Gasteiger partial charge is 0.0434 e. The van der Waals surface area contributed by atoms with Crippen LogP contribution < -0.4 is 0 Å². The van der Waals surface area contributed by atoms with Crippen molar-refractivity contribution in [1.82, 2.24) is 9.80 Å². The van der Waals surface area contributed by atoms with Gasteiger partial charge in [-0.3, -0.25) is 0 Å². The van der Waals surface area contributed by atoms with Crippen molar-refractivity contribution in [2.75, 3.05) is 46.9 Å². The van der Waals surface area contributed by atoms with E-state index in [1.807, 2.05) is 0 Å². The van der Waals surface area contributed by atoms with E-state index in [-0.39, 0.29) is 0 Å². The van der Waals surface area contributed by atoms with Crippen LogP contribution >= 0.6 is 0 Å². The van der Waals surface area contributed by atoms with Crippen molar-refractivity contribution in [3.8, 4) is 0 Å². The molecule has 84 valence electrons. The van der Waals surface area contributed by atoms with Crippen LogP contribution in [0.1, 0.15) is 19.3 Å². The van der Waals surface area contributed by atoms with Gasteiger partial charge in [-0.05, 0) is 58.9 Å². The van der Waals surface area contributed by atoms with Crippen molar-refractivity contribution in [1.29, 1.82) is 0 Å². The molecule has 0 aromatic heterocycles. The Bertz CT molecular complexity index is 150. The van der Waals surface area contributed by atoms with Crippen LogP contribution in [0.4, 0.5) is 0 Å². The number of hydrogen-bond donors (Lipinski definition) is 1. The van der Waals surface area contributed by atoms with Gasteiger partial charge in [0.1, 0.15) is 0 Å². The Morgan fingerprint density at radius 3 is 2.86 bits per heavy atom. The Hall–Kier alpha value is -0.120.